The lowest BCUT2D eigenvalue weighted by molar-refractivity contribution is -0.127. The summed E-state index contributed by atoms with van der Waals surface area (Å²) < 4.78 is 25.5. The first-order valence-corrected chi connectivity index (χ1v) is 11.1. The van der Waals surface area contributed by atoms with Gasteiger partial charge in [-0.2, -0.15) is 0 Å². The Kier molecular flexibility index (Phi) is 6.67. The van der Waals surface area contributed by atoms with Crippen LogP contribution in [0.1, 0.15) is 52.9 Å². The number of nitrogens with one attached hydrogen (secondary N) is 2. The summed E-state index contributed by atoms with van der Waals surface area (Å²) in [6, 6.07) is -0.0605. The highest BCUT2D eigenvalue weighted by molar-refractivity contribution is 7.88. The minimum atomic E-state index is -3.21. The van der Waals surface area contributed by atoms with Gasteiger partial charge < -0.3 is 5.32 Å². The fourth-order valence-electron chi connectivity index (χ4n) is 4.01. The van der Waals surface area contributed by atoms with Crippen LogP contribution in [0.2, 0.25) is 0 Å². The molecule has 0 aromatic carbocycles. The first kappa shape index (κ1) is 19.7. The zero-order valence-corrected chi connectivity index (χ0v) is 16.2. The predicted octanol–water partition coefficient (Wildman–Crippen LogP) is 1.33. The van der Waals surface area contributed by atoms with E-state index >= 15 is 0 Å². The molecule has 1 heterocycles. The van der Waals surface area contributed by atoms with Crippen LogP contribution in [0.15, 0.2) is 0 Å². The van der Waals surface area contributed by atoms with Crippen molar-refractivity contribution in [1.82, 2.24) is 14.9 Å². The van der Waals surface area contributed by atoms with Crippen molar-refractivity contribution in [2.75, 3.05) is 19.3 Å². The highest BCUT2D eigenvalue weighted by atomic mass is 32.2. The summed E-state index contributed by atoms with van der Waals surface area (Å²) in [5, 5.41) is 3.24. The Hall–Kier alpha value is -0.660. The number of carbonyl (C=O) groups is 1. The smallest absolute Gasteiger partial charge is 0.237 e. The fraction of sp³-hybridized carbons (Fsp3) is 0.941. The summed E-state index contributed by atoms with van der Waals surface area (Å²) in [5.74, 6) is 1.23. The van der Waals surface area contributed by atoms with Crippen LogP contribution in [0.4, 0.5) is 0 Å². The van der Waals surface area contributed by atoms with Gasteiger partial charge in [0.05, 0.1) is 12.3 Å². The lowest BCUT2D eigenvalue weighted by atomic mass is 9.78. The van der Waals surface area contributed by atoms with Crippen molar-refractivity contribution >= 4 is 15.9 Å². The summed E-state index contributed by atoms with van der Waals surface area (Å²) >= 11 is 0. The van der Waals surface area contributed by atoms with Crippen LogP contribution in [0, 0.1) is 11.8 Å². The first-order chi connectivity index (χ1) is 11.2. The highest BCUT2D eigenvalue weighted by Gasteiger charge is 2.32. The first-order valence-electron chi connectivity index (χ1n) is 9.19. The molecule has 1 aliphatic carbocycles. The Morgan fingerprint density at radius 1 is 1.17 bits per heavy atom. The number of hydrogen-bond donors (Lipinski definition) is 2. The topological polar surface area (TPSA) is 78.5 Å². The molecule has 0 spiro atoms. The van der Waals surface area contributed by atoms with E-state index in [4.69, 9.17) is 0 Å². The lowest BCUT2D eigenvalue weighted by Gasteiger charge is -2.38. The molecular formula is C17H33N3O3S. The number of amides is 1. The Morgan fingerprint density at radius 2 is 1.88 bits per heavy atom. The van der Waals surface area contributed by atoms with Gasteiger partial charge in [-0.1, -0.05) is 26.7 Å². The van der Waals surface area contributed by atoms with E-state index in [1.54, 1.807) is 0 Å². The molecule has 1 saturated heterocycles. The summed E-state index contributed by atoms with van der Waals surface area (Å²) in [5.41, 5.74) is 0. The maximum atomic E-state index is 12.7. The van der Waals surface area contributed by atoms with Gasteiger partial charge in [-0.3, -0.25) is 9.69 Å². The van der Waals surface area contributed by atoms with Crippen LogP contribution in [0.5, 0.6) is 0 Å². The van der Waals surface area contributed by atoms with Crippen LogP contribution >= 0.6 is 0 Å². The summed E-state index contributed by atoms with van der Waals surface area (Å²) in [6.07, 6.45) is 6.40. The third-order valence-electron chi connectivity index (χ3n) is 5.80. The molecule has 1 saturated carbocycles. The van der Waals surface area contributed by atoms with Gasteiger partial charge in [0.15, 0.2) is 0 Å². The van der Waals surface area contributed by atoms with Crippen LogP contribution in [-0.2, 0) is 14.8 Å². The fourth-order valence-corrected chi connectivity index (χ4v) is 4.81. The van der Waals surface area contributed by atoms with Gasteiger partial charge in [0, 0.05) is 18.6 Å². The molecule has 0 bridgehead atoms. The van der Waals surface area contributed by atoms with E-state index in [2.05, 4.69) is 28.8 Å². The maximum Gasteiger partial charge on any atom is 0.237 e. The second kappa shape index (κ2) is 8.15. The van der Waals surface area contributed by atoms with Crippen molar-refractivity contribution in [2.24, 2.45) is 11.8 Å². The molecule has 0 aromatic heterocycles. The summed E-state index contributed by atoms with van der Waals surface area (Å²) in [6.45, 7) is 7.85. The minimum Gasteiger partial charge on any atom is -0.352 e. The average molecular weight is 360 g/mol. The van der Waals surface area contributed by atoms with E-state index in [-0.39, 0.29) is 24.0 Å². The number of piperidine rings is 1. The largest absolute Gasteiger partial charge is 0.352 e. The maximum absolute atomic E-state index is 12.7. The molecule has 2 aliphatic rings. The molecule has 7 heteroatoms. The number of carbonyl (C=O) groups excluding carboxylic acids is 1. The van der Waals surface area contributed by atoms with E-state index < -0.39 is 10.0 Å². The van der Waals surface area contributed by atoms with Crippen molar-refractivity contribution in [3.63, 3.8) is 0 Å². The summed E-state index contributed by atoms with van der Waals surface area (Å²) in [4.78, 5) is 14.8. The Labute approximate surface area is 146 Å². The van der Waals surface area contributed by atoms with Crippen molar-refractivity contribution in [2.45, 2.75) is 71.0 Å². The van der Waals surface area contributed by atoms with Crippen molar-refractivity contribution in [1.29, 1.82) is 0 Å². The molecule has 2 fully saturated rings. The van der Waals surface area contributed by atoms with Gasteiger partial charge in [0.25, 0.3) is 0 Å². The van der Waals surface area contributed by atoms with Gasteiger partial charge in [-0.05, 0) is 44.6 Å². The standard InChI is InChI=1S/C17H33N3O3S/c1-12-7-5-9-16(13(12)2)18-17(21)14(3)20-10-6-8-15(11-20)19-24(4,22)23/h12-16,19H,5-11H2,1-4H3,(H,18,21). The lowest BCUT2D eigenvalue weighted by Crippen LogP contribution is -2.56. The molecule has 1 amide bonds. The molecule has 5 unspecified atom stereocenters. The van der Waals surface area contributed by atoms with Gasteiger partial charge in [-0.25, -0.2) is 13.1 Å². The normalized spacial score (nSPS) is 33.8. The quantitative estimate of drug-likeness (QED) is 0.776. The number of nitrogens with zero attached hydrogens (tertiary/aromatic N) is 1. The number of sulfonamides is 1. The van der Waals surface area contributed by atoms with E-state index in [9.17, 15) is 13.2 Å². The van der Waals surface area contributed by atoms with Gasteiger partial charge >= 0.3 is 0 Å². The van der Waals surface area contributed by atoms with Crippen LogP contribution in [0.3, 0.4) is 0 Å². The van der Waals surface area contributed by atoms with Crippen molar-refractivity contribution in [3.05, 3.63) is 0 Å². The third kappa shape index (κ3) is 5.43. The SMILES string of the molecule is CC1CCCC(NC(=O)C(C)N2CCCC(NS(C)(=O)=O)C2)C1C. The van der Waals surface area contributed by atoms with Gasteiger partial charge in [-0.15, -0.1) is 0 Å². The zero-order valence-electron chi connectivity index (χ0n) is 15.4. The van der Waals surface area contributed by atoms with Crippen molar-refractivity contribution in [3.8, 4) is 0 Å². The molecule has 0 aromatic rings. The zero-order chi connectivity index (χ0) is 17.9. The minimum absolute atomic E-state index is 0.0703. The number of rotatable bonds is 5. The Balaban J connectivity index is 1.90. The van der Waals surface area contributed by atoms with E-state index in [0.717, 1.165) is 25.8 Å². The van der Waals surface area contributed by atoms with Crippen LogP contribution < -0.4 is 10.0 Å². The van der Waals surface area contributed by atoms with Crippen molar-refractivity contribution < 1.29 is 13.2 Å². The monoisotopic (exact) mass is 359 g/mol. The molecule has 6 nitrogen and oxygen atoms in total. The average Bonchev–Trinajstić information content (AvgIpc) is 2.49. The molecule has 5 atom stereocenters. The molecular weight excluding hydrogens is 326 g/mol. The van der Waals surface area contributed by atoms with Gasteiger partial charge in [0.1, 0.15) is 0 Å². The number of likely N-dealkylation sites (tertiary alicyclic amines) is 1. The van der Waals surface area contributed by atoms with E-state index in [0.29, 0.717) is 18.4 Å². The molecule has 24 heavy (non-hydrogen) atoms. The second-order valence-corrected chi connectivity index (χ2v) is 9.56. The Bertz CT molecular complexity index is 537. The Morgan fingerprint density at radius 3 is 2.54 bits per heavy atom. The number of hydrogen-bond acceptors (Lipinski definition) is 4. The molecule has 0 radical (unpaired) electrons. The molecule has 1 aliphatic heterocycles. The van der Waals surface area contributed by atoms with Crippen LogP contribution in [-0.4, -0.2) is 56.7 Å². The summed E-state index contributed by atoms with van der Waals surface area (Å²) in [7, 11) is -3.21. The molecule has 2 rings (SSSR count). The van der Waals surface area contributed by atoms with E-state index in [1.165, 1.54) is 19.1 Å². The van der Waals surface area contributed by atoms with Gasteiger partial charge in [0.2, 0.25) is 15.9 Å². The van der Waals surface area contributed by atoms with E-state index in [1.807, 2.05) is 6.92 Å². The predicted molar refractivity (Wildman–Crippen MR) is 96.1 cm³/mol. The molecule has 2 N–H and O–H groups in total. The second-order valence-electron chi connectivity index (χ2n) is 7.78. The molecule has 140 valence electrons. The highest BCUT2D eigenvalue weighted by Crippen LogP contribution is 2.29. The third-order valence-corrected chi connectivity index (χ3v) is 6.56. The van der Waals surface area contributed by atoms with Crippen LogP contribution in [0.25, 0.3) is 0 Å².